The number of carbonyl (C=O) groups is 1. The van der Waals surface area contributed by atoms with E-state index >= 15 is 0 Å². The van der Waals surface area contributed by atoms with Crippen molar-refractivity contribution >= 4 is 34.1 Å². The van der Waals surface area contributed by atoms with Gasteiger partial charge in [0, 0.05) is 12.5 Å². The molecule has 3 aromatic rings. The Morgan fingerprint density at radius 1 is 1.35 bits per heavy atom. The molecule has 0 unspecified atom stereocenters. The van der Waals surface area contributed by atoms with E-state index in [1.165, 1.54) is 23.1 Å². The Kier molecular flexibility index (Phi) is 6.04. The fourth-order valence-corrected chi connectivity index (χ4v) is 4.04. The molecule has 0 aliphatic carbocycles. The summed E-state index contributed by atoms with van der Waals surface area (Å²) >= 11 is 2.74. The lowest BCUT2D eigenvalue weighted by Gasteiger charge is -2.12. The van der Waals surface area contributed by atoms with Gasteiger partial charge in [0.05, 0.1) is 12.0 Å². The third-order valence-electron chi connectivity index (χ3n) is 3.43. The molecule has 0 aliphatic rings. The van der Waals surface area contributed by atoms with Crippen molar-refractivity contribution in [3.05, 3.63) is 23.4 Å². The molecule has 0 saturated carbocycles. The van der Waals surface area contributed by atoms with E-state index in [9.17, 15) is 4.79 Å². The van der Waals surface area contributed by atoms with E-state index in [-0.39, 0.29) is 17.7 Å². The molecule has 0 atom stereocenters. The van der Waals surface area contributed by atoms with Crippen LogP contribution in [0.2, 0.25) is 0 Å². The first kappa shape index (κ1) is 18.6. The van der Waals surface area contributed by atoms with Gasteiger partial charge in [0.15, 0.2) is 10.9 Å². The van der Waals surface area contributed by atoms with Crippen LogP contribution in [0.5, 0.6) is 0 Å². The number of thioether (sulfide) groups is 1. The summed E-state index contributed by atoms with van der Waals surface area (Å²) in [5.41, 5.74) is 0. The first-order valence-electron chi connectivity index (χ1n) is 8.32. The number of aromatic nitrogens is 5. The molecule has 3 aromatic heterocycles. The second-order valence-electron chi connectivity index (χ2n) is 5.84. The molecule has 1 amide bonds. The van der Waals surface area contributed by atoms with Gasteiger partial charge in [-0.2, -0.15) is 0 Å². The average Bonchev–Trinajstić information content (AvgIpc) is 3.33. The summed E-state index contributed by atoms with van der Waals surface area (Å²) in [6.07, 6.45) is 3.47. The maximum Gasteiger partial charge on any atom is 0.236 e. The van der Waals surface area contributed by atoms with Gasteiger partial charge in [0.1, 0.15) is 5.01 Å². The maximum absolute atomic E-state index is 12.2. The molecule has 1 N–H and O–H groups in total. The minimum Gasteiger partial charge on any atom is -0.461 e. The quantitative estimate of drug-likeness (QED) is 0.584. The molecule has 0 fully saturated rings. The molecule has 0 bridgehead atoms. The molecule has 10 heteroatoms. The van der Waals surface area contributed by atoms with Crippen LogP contribution in [0.25, 0.3) is 11.6 Å². The lowest BCUT2D eigenvalue weighted by atomic mass is 10.3. The van der Waals surface area contributed by atoms with Gasteiger partial charge < -0.3 is 4.42 Å². The molecule has 0 spiro atoms. The largest absolute Gasteiger partial charge is 0.461 e. The SMILES string of the molecule is CCCc1nnc(NC(=O)CSc2nnc(-c3ccco3)n2C(C)C)s1. The van der Waals surface area contributed by atoms with Crippen LogP contribution in [0.1, 0.15) is 38.2 Å². The maximum atomic E-state index is 12.2. The second-order valence-corrected chi connectivity index (χ2v) is 7.84. The number of hydrogen-bond acceptors (Lipinski definition) is 8. The van der Waals surface area contributed by atoms with Gasteiger partial charge >= 0.3 is 0 Å². The number of rotatable bonds is 8. The van der Waals surface area contributed by atoms with Crippen LogP contribution in [0.3, 0.4) is 0 Å². The standard InChI is InChI=1S/C16H20N6O2S2/c1-4-6-13-18-20-15(26-13)17-12(23)9-25-16-21-19-14(22(16)10(2)3)11-7-5-8-24-11/h5,7-8,10H,4,6,9H2,1-3H3,(H,17,20,23). The lowest BCUT2D eigenvalue weighted by Crippen LogP contribution is -2.15. The highest BCUT2D eigenvalue weighted by molar-refractivity contribution is 7.99. The van der Waals surface area contributed by atoms with Crippen LogP contribution in [-0.2, 0) is 11.2 Å². The molecular formula is C16H20N6O2S2. The molecule has 26 heavy (non-hydrogen) atoms. The number of amides is 1. The van der Waals surface area contributed by atoms with E-state index in [0.29, 0.717) is 21.9 Å². The van der Waals surface area contributed by atoms with Crippen LogP contribution in [0, 0.1) is 0 Å². The average molecular weight is 393 g/mol. The van der Waals surface area contributed by atoms with Gasteiger partial charge in [0.25, 0.3) is 0 Å². The van der Waals surface area contributed by atoms with Gasteiger partial charge in [-0.1, -0.05) is 30.0 Å². The second kappa shape index (κ2) is 8.45. The number of carbonyl (C=O) groups excluding carboxylic acids is 1. The topological polar surface area (TPSA) is 98.7 Å². The summed E-state index contributed by atoms with van der Waals surface area (Å²) in [6, 6.07) is 3.78. The zero-order chi connectivity index (χ0) is 18.5. The predicted molar refractivity (Wildman–Crippen MR) is 101 cm³/mol. The van der Waals surface area contributed by atoms with Crippen molar-refractivity contribution in [2.45, 2.75) is 44.8 Å². The van der Waals surface area contributed by atoms with Crippen LogP contribution in [0.15, 0.2) is 28.0 Å². The van der Waals surface area contributed by atoms with E-state index in [1.54, 1.807) is 6.26 Å². The normalized spacial score (nSPS) is 11.2. The van der Waals surface area contributed by atoms with Gasteiger partial charge in [-0.3, -0.25) is 14.7 Å². The molecule has 0 aromatic carbocycles. The monoisotopic (exact) mass is 392 g/mol. The van der Waals surface area contributed by atoms with Crippen LogP contribution in [0.4, 0.5) is 5.13 Å². The Morgan fingerprint density at radius 2 is 2.19 bits per heavy atom. The molecule has 3 rings (SSSR count). The summed E-state index contributed by atoms with van der Waals surface area (Å²) in [5, 5.41) is 21.4. The molecule has 0 radical (unpaired) electrons. The molecule has 0 saturated heterocycles. The smallest absolute Gasteiger partial charge is 0.236 e. The highest BCUT2D eigenvalue weighted by Gasteiger charge is 2.19. The summed E-state index contributed by atoms with van der Waals surface area (Å²) in [5.74, 6) is 1.37. The van der Waals surface area contributed by atoms with Crippen LogP contribution < -0.4 is 5.32 Å². The fraction of sp³-hybridized carbons (Fsp3) is 0.438. The summed E-state index contributed by atoms with van der Waals surface area (Å²) in [6.45, 7) is 6.16. The Bertz CT molecular complexity index is 856. The molecule has 138 valence electrons. The third kappa shape index (κ3) is 4.31. The Hall–Kier alpha value is -2.20. The van der Waals surface area contributed by atoms with Crippen molar-refractivity contribution in [1.82, 2.24) is 25.0 Å². The Morgan fingerprint density at radius 3 is 2.88 bits per heavy atom. The molecule has 3 heterocycles. The van der Waals surface area contributed by atoms with E-state index in [1.807, 2.05) is 30.5 Å². The van der Waals surface area contributed by atoms with E-state index in [4.69, 9.17) is 4.42 Å². The molecule has 0 aliphatic heterocycles. The first-order valence-corrected chi connectivity index (χ1v) is 10.1. The zero-order valence-electron chi connectivity index (χ0n) is 14.8. The van der Waals surface area contributed by atoms with Crippen LogP contribution >= 0.6 is 23.1 Å². The minimum absolute atomic E-state index is 0.135. The Balaban J connectivity index is 1.64. The zero-order valence-corrected chi connectivity index (χ0v) is 16.4. The van der Waals surface area contributed by atoms with E-state index in [2.05, 4.69) is 32.6 Å². The van der Waals surface area contributed by atoms with Gasteiger partial charge in [-0.15, -0.1) is 20.4 Å². The Labute approximate surface area is 159 Å². The number of furan rings is 1. The number of nitrogens with zero attached hydrogens (tertiary/aromatic N) is 5. The van der Waals surface area contributed by atoms with Gasteiger partial charge in [-0.05, 0) is 32.4 Å². The van der Waals surface area contributed by atoms with Crippen LogP contribution in [-0.4, -0.2) is 36.6 Å². The number of nitrogens with one attached hydrogen (secondary N) is 1. The number of hydrogen-bond donors (Lipinski definition) is 1. The highest BCUT2D eigenvalue weighted by atomic mass is 32.2. The number of aryl methyl sites for hydroxylation is 1. The lowest BCUT2D eigenvalue weighted by molar-refractivity contribution is -0.113. The predicted octanol–water partition coefficient (Wildman–Crippen LogP) is 3.65. The van der Waals surface area contributed by atoms with Crippen molar-refractivity contribution in [2.24, 2.45) is 0 Å². The highest BCUT2D eigenvalue weighted by Crippen LogP contribution is 2.28. The molecule has 8 nitrogen and oxygen atoms in total. The molecular weight excluding hydrogens is 372 g/mol. The third-order valence-corrected chi connectivity index (χ3v) is 5.27. The summed E-state index contributed by atoms with van der Waals surface area (Å²) in [7, 11) is 0. The van der Waals surface area contributed by atoms with E-state index < -0.39 is 0 Å². The fourth-order valence-electron chi connectivity index (χ4n) is 2.32. The van der Waals surface area contributed by atoms with Gasteiger partial charge in [0.2, 0.25) is 16.9 Å². The van der Waals surface area contributed by atoms with Crippen molar-refractivity contribution in [2.75, 3.05) is 11.1 Å². The summed E-state index contributed by atoms with van der Waals surface area (Å²) in [4.78, 5) is 12.2. The minimum atomic E-state index is -0.146. The summed E-state index contributed by atoms with van der Waals surface area (Å²) < 4.78 is 7.38. The van der Waals surface area contributed by atoms with Crippen molar-refractivity contribution < 1.29 is 9.21 Å². The van der Waals surface area contributed by atoms with Crippen molar-refractivity contribution in [3.63, 3.8) is 0 Å². The first-order chi connectivity index (χ1) is 12.6. The van der Waals surface area contributed by atoms with Crippen molar-refractivity contribution in [1.29, 1.82) is 0 Å². The van der Waals surface area contributed by atoms with E-state index in [0.717, 1.165) is 17.8 Å². The van der Waals surface area contributed by atoms with Crippen molar-refractivity contribution in [3.8, 4) is 11.6 Å². The van der Waals surface area contributed by atoms with Gasteiger partial charge in [-0.25, -0.2) is 0 Å². The number of anilines is 1.